The summed E-state index contributed by atoms with van der Waals surface area (Å²) in [6, 6.07) is 14.6. The minimum absolute atomic E-state index is 0. The zero-order chi connectivity index (χ0) is 9.54. The Labute approximate surface area is 114 Å². The van der Waals surface area contributed by atoms with Gasteiger partial charge in [0.15, 0.2) is 0 Å². The van der Waals surface area contributed by atoms with E-state index in [0.717, 1.165) is 11.0 Å². The van der Waals surface area contributed by atoms with Gasteiger partial charge in [0, 0.05) is 32.7 Å². The van der Waals surface area contributed by atoms with Crippen molar-refractivity contribution in [3.8, 4) is 0 Å². The second-order valence-corrected chi connectivity index (χ2v) is 3.60. The van der Waals surface area contributed by atoms with E-state index in [1.165, 1.54) is 16.3 Å². The Kier molecular flexibility index (Phi) is 2.95. The van der Waals surface area contributed by atoms with E-state index >= 15 is 0 Å². The predicted molar refractivity (Wildman–Crippen MR) is 59.5 cm³/mol. The van der Waals surface area contributed by atoms with Crippen molar-refractivity contribution in [3.63, 3.8) is 0 Å². The van der Waals surface area contributed by atoms with Crippen LogP contribution in [0.1, 0.15) is 5.56 Å². The monoisotopic (exact) mass is 269 g/mol. The van der Waals surface area contributed by atoms with E-state index in [1.54, 1.807) is 0 Å². The summed E-state index contributed by atoms with van der Waals surface area (Å²) in [5.74, 6) is 0. The van der Waals surface area contributed by atoms with Crippen LogP contribution in [0.25, 0.3) is 21.8 Å². The second kappa shape index (κ2) is 4.07. The molecule has 2 aromatic carbocycles. The number of benzene rings is 2. The summed E-state index contributed by atoms with van der Waals surface area (Å²) in [5.41, 5.74) is 3.50. The molecule has 0 aliphatic carbocycles. The molecule has 0 fully saturated rings. The van der Waals surface area contributed by atoms with Crippen LogP contribution in [0, 0.1) is 6.92 Å². The molecule has 1 aromatic heterocycles. The third-order valence-electron chi connectivity index (χ3n) is 2.67. The van der Waals surface area contributed by atoms with Crippen LogP contribution < -0.4 is 4.98 Å². The third kappa shape index (κ3) is 1.64. The fraction of sp³-hybridized carbons (Fsp3) is 0.0769. The number of hydrogen-bond acceptors (Lipinski definition) is 0. The number of hydrogen-bond donors (Lipinski definition) is 0. The molecule has 0 N–H and O–H groups in total. The minimum Gasteiger partial charge on any atom is -0.657 e. The van der Waals surface area contributed by atoms with Gasteiger partial charge in [0.2, 0.25) is 0 Å². The molecule has 0 aliphatic heterocycles. The Hall–Kier alpha value is -0.656. The van der Waals surface area contributed by atoms with Crippen LogP contribution in [0.2, 0.25) is 0 Å². The Morgan fingerprint density at radius 1 is 0.867 bits per heavy atom. The summed E-state index contributed by atoms with van der Waals surface area (Å²) in [5, 5.41) is 2.56. The van der Waals surface area contributed by atoms with Gasteiger partial charge in [-0.1, -0.05) is 42.5 Å². The molecular weight excluding hydrogens is 259 g/mol. The zero-order valence-electron chi connectivity index (χ0n) is 8.57. The van der Waals surface area contributed by atoms with E-state index in [2.05, 4.69) is 48.3 Å². The molecule has 71 valence electrons. The van der Waals surface area contributed by atoms with Gasteiger partial charge in [-0.2, -0.15) is 0 Å². The summed E-state index contributed by atoms with van der Waals surface area (Å²) >= 11 is 0. The molecule has 0 amide bonds. The molecule has 0 spiro atoms. The smallest absolute Gasteiger partial charge is 0 e. The van der Waals surface area contributed by atoms with Crippen molar-refractivity contribution in [2.75, 3.05) is 0 Å². The normalized spacial score (nSPS) is 10.5. The summed E-state index contributed by atoms with van der Waals surface area (Å²) in [7, 11) is 0. The van der Waals surface area contributed by atoms with Crippen molar-refractivity contribution in [1.82, 2.24) is 4.98 Å². The van der Waals surface area contributed by atoms with Gasteiger partial charge in [-0.25, -0.2) is 0 Å². The fourth-order valence-electron chi connectivity index (χ4n) is 2.01. The molecule has 0 atom stereocenters. The number of para-hydroxylation sites is 1. The van der Waals surface area contributed by atoms with Crippen LogP contribution in [0.5, 0.6) is 0 Å². The van der Waals surface area contributed by atoms with E-state index in [9.17, 15) is 0 Å². The standard InChI is InChI=1S/C13H10N.Y/c1-9-5-4-8-12-13(9)10-6-2-3-7-11(10)14-12;/h2-8H,1H3;/q-1;. The SMILES string of the molecule is Cc1cccc2[n-]c3ccccc3c12.[Y]. The molecule has 1 heterocycles. The molecule has 1 nitrogen and oxygen atoms in total. The van der Waals surface area contributed by atoms with Gasteiger partial charge in [-0.15, -0.1) is 11.0 Å². The molecule has 0 saturated heterocycles. The topological polar surface area (TPSA) is 14.1 Å². The first-order valence-corrected chi connectivity index (χ1v) is 4.77. The van der Waals surface area contributed by atoms with E-state index in [1.807, 2.05) is 6.07 Å². The molecule has 0 unspecified atom stereocenters. The molecular formula is C13H10NY-. The zero-order valence-corrected chi connectivity index (χ0v) is 11.4. The molecule has 0 bridgehead atoms. The van der Waals surface area contributed by atoms with Crippen molar-refractivity contribution in [3.05, 3.63) is 48.0 Å². The van der Waals surface area contributed by atoms with Gasteiger partial charge in [-0.3, -0.25) is 0 Å². The summed E-state index contributed by atoms with van der Waals surface area (Å²) in [6.45, 7) is 2.14. The number of rotatable bonds is 0. The first-order valence-electron chi connectivity index (χ1n) is 4.77. The Morgan fingerprint density at radius 2 is 1.60 bits per heavy atom. The average Bonchev–Trinajstić information content (AvgIpc) is 2.57. The van der Waals surface area contributed by atoms with E-state index in [-0.39, 0.29) is 32.7 Å². The number of aromatic nitrogens is 1. The molecule has 15 heavy (non-hydrogen) atoms. The number of nitrogens with zero attached hydrogens (tertiary/aromatic N) is 1. The van der Waals surface area contributed by atoms with Crippen molar-refractivity contribution in [2.24, 2.45) is 0 Å². The number of fused-ring (bicyclic) bond motifs is 3. The minimum atomic E-state index is 0. The molecule has 0 saturated carbocycles. The molecule has 3 rings (SSSR count). The van der Waals surface area contributed by atoms with Gasteiger partial charge in [0.1, 0.15) is 0 Å². The molecule has 1 radical (unpaired) electrons. The maximum absolute atomic E-state index is 4.58. The summed E-state index contributed by atoms with van der Waals surface area (Å²) in [6.07, 6.45) is 0. The first kappa shape index (κ1) is 10.8. The summed E-state index contributed by atoms with van der Waals surface area (Å²) < 4.78 is 0. The Balaban J connectivity index is 0.000000853. The van der Waals surface area contributed by atoms with Crippen molar-refractivity contribution < 1.29 is 32.7 Å². The molecule has 2 heteroatoms. The van der Waals surface area contributed by atoms with E-state index in [0.29, 0.717) is 0 Å². The van der Waals surface area contributed by atoms with Gasteiger partial charge < -0.3 is 4.98 Å². The van der Waals surface area contributed by atoms with Gasteiger partial charge in [0.05, 0.1) is 0 Å². The van der Waals surface area contributed by atoms with Crippen LogP contribution in [0.3, 0.4) is 0 Å². The largest absolute Gasteiger partial charge is 0.657 e. The van der Waals surface area contributed by atoms with E-state index < -0.39 is 0 Å². The maximum atomic E-state index is 4.58. The third-order valence-corrected chi connectivity index (χ3v) is 2.67. The molecule has 3 aromatic rings. The second-order valence-electron chi connectivity index (χ2n) is 3.60. The number of aryl methyl sites for hydroxylation is 1. The van der Waals surface area contributed by atoms with Crippen LogP contribution in [0.15, 0.2) is 42.5 Å². The van der Waals surface area contributed by atoms with Gasteiger partial charge in [-0.05, 0) is 23.3 Å². The van der Waals surface area contributed by atoms with Crippen molar-refractivity contribution >= 4 is 21.8 Å². The summed E-state index contributed by atoms with van der Waals surface area (Å²) in [4.78, 5) is 4.58. The van der Waals surface area contributed by atoms with Crippen LogP contribution in [-0.4, -0.2) is 0 Å². The van der Waals surface area contributed by atoms with Gasteiger partial charge in [0.25, 0.3) is 0 Å². The fourth-order valence-corrected chi connectivity index (χ4v) is 2.01. The first-order chi connectivity index (χ1) is 6.86. The average molecular weight is 269 g/mol. The van der Waals surface area contributed by atoms with Gasteiger partial charge >= 0.3 is 0 Å². The predicted octanol–water partition coefficient (Wildman–Crippen LogP) is 3.26. The van der Waals surface area contributed by atoms with E-state index in [4.69, 9.17) is 0 Å². The maximum Gasteiger partial charge on any atom is 0 e. The quantitative estimate of drug-likeness (QED) is 0.611. The Bertz CT molecular complexity index is 610. The molecule has 0 aliphatic rings. The van der Waals surface area contributed by atoms with Crippen molar-refractivity contribution in [2.45, 2.75) is 6.92 Å². The van der Waals surface area contributed by atoms with Crippen molar-refractivity contribution in [1.29, 1.82) is 0 Å². The van der Waals surface area contributed by atoms with Crippen LogP contribution in [0.4, 0.5) is 0 Å². The Morgan fingerprint density at radius 3 is 2.47 bits per heavy atom. The van der Waals surface area contributed by atoms with Crippen LogP contribution in [-0.2, 0) is 32.7 Å². The van der Waals surface area contributed by atoms with Crippen LogP contribution >= 0.6 is 0 Å².